The number of benzene rings is 1. The van der Waals surface area contributed by atoms with Crippen LogP contribution in [-0.2, 0) is 0 Å². The molecule has 0 bridgehead atoms. The van der Waals surface area contributed by atoms with E-state index in [2.05, 4.69) is 31.5 Å². The molecule has 0 unspecified atom stereocenters. The Morgan fingerprint density at radius 3 is 2.84 bits per heavy atom. The second-order valence-electron chi connectivity index (χ2n) is 4.42. The zero-order valence-corrected chi connectivity index (χ0v) is 12.1. The minimum atomic E-state index is -0.403. The third-order valence-electron chi connectivity index (χ3n) is 3.16. The fourth-order valence-corrected chi connectivity index (χ4v) is 2.49. The van der Waals surface area contributed by atoms with Crippen molar-refractivity contribution >= 4 is 21.6 Å². The first-order valence-electron chi connectivity index (χ1n) is 6.27. The Balaban J connectivity index is 1.89. The summed E-state index contributed by atoms with van der Waals surface area (Å²) in [5.74, 6) is -0.403. The van der Waals surface area contributed by atoms with Crippen LogP contribution in [0, 0.1) is 17.1 Å². The van der Waals surface area contributed by atoms with E-state index in [1.54, 1.807) is 12.1 Å². The van der Waals surface area contributed by atoms with Crippen molar-refractivity contribution in [3.8, 4) is 6.07 Å². The number of hydrogen-bond donors (Lipinski definition) is 2. The number of nitrogens with zero attached hydrogens (tertiary/aromatic N) is 2. The molecule has 1 saturated heterocycles. The number of halogens is 2. The maximum Gasteiger partial charge on any atom is 0.161 e. The summed E-state index contributed by atoms with van der Waals surface area (Å²) >= 11 is 3.10. The summed E-state index contributed by atoms with van der Waals surface area (Å²) in [6.07, 6.45) is 0. The first-order chi connectivity index (χ1) is 9.22. The number of anilines is 1. The monoisotopic (exact) mass is 326 g/mol. The van der Waals surface area contributed by atoms with Gasteiger partial charge in [-0.3, -0.25) is 4.90 Å². The highest BCUT2D eigenvalue weighted by molar-refractivity contribution is 9.10. The van der Waals surface area contributed by atoms with Gasteiger partial charge in [-0.1, -0.05) is 0 Å². The van der Waals surface area contributed by atoms with Crippen molar-refractivity contribution in [2.75, 3.05) is 44.6 Å². The molecule has 1 aliphatic heterocycles. The number of hydrogen-bond acceptors (Lipinski definition) is 4. The zero-order chi connectivity index (χ0) is 13.7. The maximum atomic E-state index is 13.9. The van der Waals surface area contributed by atoms with E-state index in [4.69, 9.17) is 5.26 Å². The van der Waals surface area contributed by atoms with E-state index in [9.17, 15) is 4.39 Å². The summed E-state index contributed by atoms with van der Waals surface area (Å²) in [5.41, 5.74) is 0.742. The van der Waals surface area contributed by atoms with Gasteiger partial charge in [-0.05, 0) is 28.1 Å². The third-order valence-corrected chi connectivity index (χ3v) is 3.93. The van der Waals surface area contributed by atoms with Crippen LogP contribution >= 0.6 is 15.9 Å². The first kappa shape index (κ1) is 14.3. The minimum Gasteiger partial charge on any atom is -0.381 e. The van der Waals surface area contributed by atoms with Crippen LogP contribution in [0.2, 0.25) is 0 Å². The Morgan fingerprint density at radius 2 is 2.16 bits per heavy atom. The smallest absolute Gasteiger partial charge is 0.161 e. The summed E-state index contributed by atoms with van der Waals surface area (Å²) in [4.78, 5) is 2.33. The molecule has 1 aliphatic rings. The molecular formula is C13H16BrFN4. The van der Waals surface area contributed by atoms with Gasteiger partial charge in [-0.15, -0.1) is 0 Å². The molecule has 19 heavy (non-hydrogen) atoms. The van der Waals surface area contributed by atoms with Crippen LogP contribution in [0.15, 0.2) is 16.6 Å². The SMILES string of the molecule is N#Cc1ccc(NCCN2CCNCC2)c(F)c1Br. The average Bonchev–Trinajstić information content (AvgIpc) is 2.45. The van der Waals surface area contributed by atoms with Crippen molar-refractivity contribution in [1.29, 1.82) is 5.26 Å². The molecule has 0 saturated carbocycles. The minimum absolute atomic E-state index is 0.224. The molecule has 6 heteroatoms. The van der Waals surface area contributed by atoms with Gasteiger partial charge in [0.15, 0.2) is 5.82 Å². The van der Waals surface area contributed by atoms with Crippen molar-refractivity contribution in [1.82, 2.24) is 10.2 Å². The summed E-state index contributed by atoms with van der Waals surface area (Å²) in [6.45, 7) is 5.66. The quantitative estimate of drug-likeness (QED) is 0.885. The molecule has 1 aromatic carbocycles. The summed E-state index contributed by atoms with van der Waals surface area (Å²) in [6, 6.07) is 5.16. The molecular weight excluding hydrogens is 311 g/mol. The third kappa shape index (κ3) is 3.66. The summed E-state index contributed by atoms with van der Waals surface area (Å²) < 4.78 is 14.2. The molecule has 4 nitrogen and oxygen atoms in total. The Bertz CT molecular complexity index is 480. The molecule has 1 heterocycles. The van der Waals surface area contributed by atoms with Crippen LogP contribution < -0.4 is 10.6 Å². The lowest BCUT2D eigenvalue weighted by Gasteiger charge is -2.27. The Hall–Kier alpha value is -1.16. The van der Waals surface area contributed by atoms with Crippen LogP contribution in [0.25, 0.3) is 0 Å². The molecule has 0 amide bonds. The van der Waals surface area contributed by atoms with Crippen LogP contribution in [0.3, 0.4) is 0 Å². The van der Waals surface area contributed by atoms with E-state index in [1.807, 2.05) is 6.07 Å². The van der Waals surface area contributed by atoms with Gasteiger partial charge in [0.2, 0.25) is 0 Å². The van der Waals surface area contributed by atoms with Crippen molar-refractivity contribution in [3.05, 3.63) is 28.0 Å². The molecule has 1 aromatic rings. The van der Waals surface area contributed by atoms with Gasteiger partial charge in [0.05, 0.1) is 15.7 Å². The van der Waals surface area contributed by atoms with E-state index in [1.165, 1.54) is 0 Å². The van der Waals surface area contributed by atoms with E-state index in [-0.39, 0.29) is 4.47 Å². The van der Waals surface area contributed by atoms with Crippen molar-refractivity contribution in [2.24, 2.45) is 0 Å². The van der Waals surface area contributed by atoms with E-state index in [0.29, 0.717) is 17.8 Å². The zero-order valence-electron chi connectivity index (χ0n) is 10.5. The molecule has 102 valence electrons. The molecule has 0 spiro atoms. The van der Waals surface area contributed by atoms with Crippen LogP contribution in [-0.4, -0.2) is 44.2 Å². The predicted molar refractivity (Wildman–Crippen MR) is 76.6 cm³/mol. The fraction of sp³-hybridized carbons (Fsp3) is 0.462. The van der Waals surface area contributed by atoms with Gasteiger partial charge in [-0.2, -0.15) is 5.26 Å². The number of piperazine rings is 1. The highest BCUT2D eigenvalue weighted by Crippen LogP contribution is 2.26. The van der Waals surface area contributed by atoms with Crippen molar-refractivity contribution < 1.29 is 4.39 Å². The second-order valence-corrected chi connectivity index (χ2v) is 5.21. The largest absolute Gasteiger partial charge is 0.381 e. The first-order valence-corrected chi connectivity index (χ1v) is 7.06. The fourth-order valence-electron chi connectivity index (χ4n) is 2.06. The molecule has 0 aliphatic carbocycles. The standard InChI is InChI=1S/C13H16BrFN4/c14-12-10(9-16)1-2-11(13(12)15)18-5-8-19-6-3-17-4-7-19/h1-2,17-18H,3-8H2. The number of nitriles is 1. The number of rotatable bonds is 4. The second kappa shape index (κ2) is 6.85. The van der Waals surface area contributed by atoms with Crippen LogP contribution in [0.4, 0.5) is 10.1 Å². The summed E-state index contributed by atoms with van der Waals surface area (Å²) in [5, 5.41) is 15.2. The molecule has 0 atom stereocenters. The van der Waals surface area contributed by atoms with E-state index >= 15 is 0 Å². The molecule has 2 N–H and O–H groups in total. The normalized spacial score (nSPS) is 16.1. The molecule has 1 fully saturated rings. The van der Waals surface area contributed by atoms with Crippen LogP contribution in [0.5, 0.6) is 0 Å². The Kier molecular flexibility index (Phi) is 5.14. The lowest BCUT2D eigenvalue weighted by molar-refractivity contribution is 0.249. The van der Waals surface area contributed by atoms with E-state index in [0.717, 1.165) is 32.7 Å². The molecule has 0 aromatic heterocycles. The summed E-state index contributed by atoms with van der Waals surface area (Å²) in [7, 11) is 0. The van der Waals surface area contributed by atoms with Gasteiger partial charge in [-0.25, -0.2) is 4.39 Å². The van der Waals surface area contributed by atoms with Gasteiger partial charge in [0, 0.05) is 39.3 Å². The van der Waals surface area contributed by atoms with E-state index < -0.39 is 5.82 Å². The Labute approximate surface area is 120 Å². The highest BCUT2D eigenvalue weighted by Gasteiger charge is 2.12. The Morgan fingerprint density at radius 1 is 1.42 bits per heavy atom. The lowest BCUT2D eigenvalue weighted by Crippen LogP contribution is -2.45. The van der Waals surface area contributed by atoms with Crippen molar-refractivity contribution in [3.63, 3.8) is 0 Å². The van der Waals surface area contributed by atoms with Gasteiger partial charge in [0.25, 0.3) is 0 Å². The average molecular weight is 327 g/mol. The van der Waals surface area contributed by atoms with Gasteiger partial charge >= 0.3 is 0 Å². The highest BCUT2D eigenvalue weighted by atomic mass is 79.9. The van der Waals surface area contributed by atoms with Crippen LogP contribution in [0.1, 0.15) is 5.56 Å². The van der Waals surface area contributed by atoms with Crippen molar-refractivity contribution in [2.45, 2.75) is 0 Å². The lowest BCUT2D eigenvalue weighted by atomic mass is 10.2. The maximum absolute atomic E-state index is 13.9. The molecule has 2 rings (SSSR count). The molecule has 0 radical (unpaired) electrons. The predicted octanol–water partition coefficient (Wildman–Crippen LogP) is 1.78. The van der Waals surface area contributed by atoms with Gasteiger partial charge in [0.1, 0.15) is 6.07 Å². The topological polar surface area (TPSA) is 51.1 Å². The van der Waals surface area contributed by atoms with Gasteiger partial charge < -0.3 is 10.6 Å². The number of nitrogens with one attached hydrogen (secondary N) is 2.